The molecule has 32 heavy (non-hydrogen) atoms. The Morgan fingerprint density at radius 1 is 1.19 bits per heavy atom. The highest BCUT2D eigenvalue weighted by molar-refractivity contribution is 6.31. The molecule has 2 heterocycles. The van der Waals surface area contributed by atoms with E-state index in [1.54, 1.807) is 19.1 Å². The summed E-state index contributed by atoms with van der Waals surface area (Å²) in [5, 5.41) is 24.1. The second kappa shape index (κ2) is 6.94. The molecule has 1 aliphatic carbocycles. The standard InChI is InChI=1S/C23H21N3O6/c1-9-19(29)17(11(3)27)21-18(20(9)30)23(4)14(32-21)7-13(28)16(22(23)31)10(2)26-15-6-5-12(24)8-25-15/h5-8,29-30H,24H2,1-4H3,(H,25,26). The number of carbonyl (C=O) groups is 3. The number of nitrogens with zero attached hydrogens (tertiary/aromatic N) is 1. The number of ketones is 3. The highest BCUT2D eigenvalue weighted by Gasteiger charge is 2.56. The third-order valence-corrected chi connectivity index (χ3v) is 5.86. The fourth-order valence-corrected chi connectivity index (χ4v) is 4.10. The average molecular weight is 435 g/mol. The smallest absolute Gasteiger partial charge is 0.194 e. The zero-order valence-corrected chi connectivity index (χ0v) is 17.9. The predicted molar refractivity (Wildman–Crippen MR) is 116 cm³/mol. The highest BCUT2D eigenvalue weighted by Crippen LogP contribution is 2.57. The van der Waals surface area contributed by atoms with Gasteiger partial charge in [-0.2, -0.15) is 0 Å². The van der Waals surface area contributed by atoms with Gasteiger partial charge in [-0.05, 0) is 39.8 Å². The molecule has 1 aromatic heterocycles. The van der Waals surface area contributed by atoms with Crippen molar-refractivity contribution in [2.45, 2.75) is 33.1 Å². The van der Waals surface area contributed by atoms with Crippen LogP contribution >= 0.6 is 0 Å². The number of hydrogen-bond acceptors (Lipinski definition) is 9. The van der Waals surface area contributed by atoms with Crippen molar-refractivity contribution in [3.05, 3.63) is 58.1 Å². The van der Waals surface area contributed by atoms with E-state index in [0.717, 1.165) is 6.08 Å². The van der Waals surface area contributed by atoms with Gasteiger partial charge in [-0.3, -0.25) is 14.4 Å². The molecule has 1 aromatic carbocycles. The van der Waals surface area contributed by atoms with Crippen molar-refractivity contribution in [3.8, 4) is 17.2 Å². The van der Waals surface area contributed by atoms with E-state index in [2.05, 4.69) is 10.3 Å². The molecule has 5 N–H and O–H groups in total. The summed E-state index contributed by atoms with van der Waals surface area (Å²) in [5.74, 6) is -2.29. The molecule has 0 saturated heterocycles. The van der Waals surface area contributed by atoms with Crippen LogP contribution in [-0.4, -0.2) is 32.5 Å². The molecule has 4 rings (SSSR count). The summed E-state index contributed by atoms with van der Waals surface area (Å²) in [6.45, 7) is 5.73. The van der Waals surface area contributed by atoms with Gasteiger partial charge < -0.3 is 26.0 Å². The zero-order valence-electron chi connectivity index (χ0n) is 17.9. The summed E-state index contributed by atoms with van der Waals surface area (Å²) >= 11 is 0. The van der Waals surface area contributed by atoms with Crippen molar-refractivity contribution in [1.29, 1.82) is 0 Å². The highest BCUT2D eigenvalue weighted by atomic mass is 16.5. The van der Waals surface area contributed by atoms with E-state index in [0.29, 0.717) is 11.5 Å². The molecule has 2 aromatic rings. The SMILES string of the molecule is CC(=O)c1c(O)c(C)c(O)c2c1OC1=CC(=O)C(=C(C)Nc3ccc(N)cn3)C(=O)C12C. The fraction of sp³-hybridized carbons (Fsp3) is 0.217. The van der Waals surface area contributed by atoms with E-state index in [1.165, 1.54) is 27.0 Å². The van der Waals surface area contributed by atoms with Gasteiger partial charge in [0.25, 0.3) is 0 Å². The Morgan fingerprint density at radius 2 is 1.88 bits per heavy atom. The number of hydrogen-bond donors (Lipinski definition) is 4. The Morgan fingerprint density at radius 3 is 2.47 bits per heavy atom. The Balaban J connectivity index is 1.91. The molecule has 0 saturated carbocycles. The van der Waals surface area contributed by atoms with Crippen LogP contribution in [0.2, 0.25) is 0 Å². The molecule has 0 spiro atoms. The number of pyridine rings is 1. The molecular weight excluding hydrogens is 414 g/mol. The van der Waals surface area contributed by atoms with Crippen molar-refractivity contribution in [2.75, 3.05) is 11.1 Å². The van der Waals surface area contributed by atoms with Crippen molar-refractivity contribution in [1.82, 2.24) is 4.98 Å². The lowest BCUT2D eigenvalue weighted by Crippen LogP contribution is -2.40. The Hall–Kier alpha value is -4.14. The van der Waals surface area contributed by atoms with Crippen LogP contribution in [0.1, 0.15) is 42.3 Å². The number of benzene rings is 1. The summed E-state index contributed by atoms with van der Waals surface area (Å²) in [6.07, 6.45) is 2.59. The van der Waals surface area contributed by atoms with Gasteiger partial charge in [-0.15, -0.1) is 0 Å². The van der Waals surface area contributed by atoms with Gasteiger partial charge in [0.05, 0.1) is 23.0 Å². The van der Waals surface area contributed by atoms with E-state index < -0.39 is 28.5 Å². The number of Topliss-reactive ketones (excluding diaryl/α,β-unsaturated/α-hetero) is 2. The quantitative estimate of drug-likeness (QED) is 0.324. The van der Waals surface area contributed by atoms with Crippen LogP contribution in [0.15, 0.2) is 41.4 Å². The third-order valence-electron chi connectivity index (χ3n) is 5.86. The van der Waals surface area contributed by atoms with Crippen LogP contribution in [0.3, 0.4) is 0 Å². The number of rotatable bonds is 3. The van der Waals surface area contributed by atoms with E-state index in [4.69, 9.17) is 10.5 Å². The van der Waals surface area contributed by atoms with Crippen LogP contribution in [0.5, 0.6) is 17.2 Å². The third kappa shape index (κ3) is 2.78. The lowest BCUT2D eigenvalue weighted by Gasteiger charge is -2.29. The molecule has 1 aliphatic heterocycles. The summed E-state index contributed by atoms with van der Waals surface area (Å²) < 4.78 is 5.73. The number of aromatic hydroxyl groups is 2. The maximum atomic E-state index is 13.7. The molecular formula is C23H21N3O6. The summed E-state index contributed by atoms with van der Waals surface area (Å²) in [4.78, 5) is 42.9. The lowest BCUT2D eigenvalue weighted by atomic mass is 9.70. The number of aromatic nitrogens is 1. The first kappa shape index (κ1) is 21.1. The number of carbonyl (C=O) groups excluding carboxylic acids is 3. The summed E-state index contributed by atoms with van der Waals surface area (Å²) in [5.41, 5.74) is 4.57. The van der Waals surface area contributed by atoms with Gasteiger partial charge >= 0.3 is 0 Å². The fourth-order valence-electron chi connectivity index (χ4n) is 4.10. The summed E-state index contributed by atoms with van der Waals surface area (Å²) in [6, 6.07) is 3.22. The molecule has 9 heteroatoms. The second-order valence-electron chi connectivity index (χ2n) is 7.99. The van der Waals surface area contributed by atoms with Gasteiger partial charge in [-0.1, -0.05) is 0 Å². The lowest BCUT2D eigenvalue weighted by molar-refractivity contribution is -0.123. The topological polar surface area (TPSA) is 152 Å². The Labute approximate surface area is 183 Å². The number of nitrogen functional groups attached to an aromatic ring is 1. The minimum absolute atomic E-state index is 0.0209. The molecule has 0 fully saturated rings. The monoisotopic (exact) mass is 435 g/mol. The number of phenolic OH excluding ortho intramolecular Hbond substituents is 2. The second-order valence-corrected chi connectivity index (χ2v) is 7.99. The summed E-state index contributed by atoms with van der Waals surface area (Å²) in [7, 11) is 0. The van der Waals surface area contributed by atoms with Crippen LogP contribution in [0.4, 0.5) is 11.5 Å². The van der Waals surface area contributed by atoms with Gasteiger partial charge in [0.15, 0.2) is 17.3 Å². The van der Waals surface area contributed by atoms with E-state index in [9.17, 15) is 24.6 Å². The van der Waals surface area contributed by atoms with Crippen molar-refractivity contribution >= 4 is 28.9 Å². The van der Waals surface area contributed by atoms with Gasteiger partial charge in [-0.25, -0.2) is 4.98 Å². The van der Waals surface area contributed by atoms with E-state index in [-0.39, 0.29) is 45.2 Å². The number of nitrogens with one attached hydrogen (secondary N) is 1. The molecule has 0 amide bonds. The zero-order chi connectivity index (χ0) is 23.5. The molecule has 9 nitrogen and oxygen atoms in total. The Bertz CT molecular complexity index is 1290. The first-order valence-corrected chi connectivity index (χ1v) is 9.77. The molecule has 164 valence electrons. The van der Waals surface area contributed by atoms with Gasteiger partial charge in [0.2, 0.25) is 0 Å². The van der Waals surface area contributed by atoms with Crippen LogP contribution in [-0.2, 0) is 15.0 Å². The number of anilines is 2. The minimum atomic E-state index is -1.57. The molecule has 0 radical (unpaired) electrons. The van der Waals surface area contributed by atoms with Crippen LogP contribution in [0, 0.1) is 6.92 Å². The Kier molecular flexibility index (Phi) is 4.58. The first-order chi connectivity index (χ1) is 15.0. The predicted octanol–water partition coefficient (Wildman–Crippen LogP) is 2.66. The van der Waals surface area contributed by atoms with Gasteiger partial charge in [0.1, 0.15) is 39.8 Å². The first-order valence-electron chi connectivity index (χ1n) is 9.77. The van der Waals surface area contributed by atoms with Crippen molar-refractivity contribution in [2.24, 2.45) is 0 Å². The largest absolute Gasteiger partial charge is 0.507 e. The van der Waals surface area contributed by atoms with E-state index >= 15 is 0 Å². The molecule has 1 unspecified atom stereocenters. The number of phenols is 2. The maximum Gasteiger partial charge on any atom is 0.194 e. The average Bonchev–Trinajstić information content (AvgIpc) is 3.01. The molecule has 2 aliphatic rings. The minimum Gasteiger partial charge on any atom is -0.507 e. The van der Waals surface area contributed by atoms with Crippen molar-refractivity contribution in [3.63, 3.8) is 0 Å². The van der Waals surface area contributed by atoms with Crippen LogP contribution in [0.25, 0.3) is 0 Å². The van der Waals surface area contributed by atoms with Crippen molar-refractivity contribution < 1.29 is 29.3 Å². The van der Waals surface area contributed by atoms with Crippen LogP contribution < -0.4 is 15.8 Å². The molecule has 1 atom stereocenters. The normalized spacial score (nSPS) is 20.8. The number of fused-ring (bicyclic) bond motifs is 3. The molecule has 0 bridgehead atoms. The number of ether oxygens (including phenoxy) is 1. The number of allylic oxidation sites excluding steroid dienone is 4. The van der Waals surface area contributed by atoms with E-state index in [1.807, 2.05) is 0 Å². The van der Waals surface area contributed by atoms with Gasteiger partial charge in [0, 0.05) is 17.3 Å². The maximum absolute atomic E-state index is 13.7. The number of nitrogens with two attached hydrogens (primary N) is 1.